The minimum absolute atomic E-state index is 0.162. The summed E-state index contributed by atoms with van der Waals surface area (Å²) in [6.07, 6.45) is 0. The third-order valence-corrected chi connectivity index (χ3v) is 6.37. The number of nitrogens with one attached hydrogen (secondary N) is 1. The Morgan fingerprint density at radius 3 is 2.50 bits per heavy atom. The molecule has 1 amide bonds. The van der Waals surface area contributed by atoms with Crippen LogP contribution in [0.4, 0.5) is 11.5 Å². The van der Waals surface area contributed by atoms with Gasteiger partial charge in [0, 0.05) is 61.4 Å². The molecule has 3 aromatic rings. The van der Waals surface area contributed by atoms with Crippen LogP contribution in [0.1, 0.15) is 19.4 Å². The number of pyridine rings is 1. The van der Waals surface area contributed by atoms with E-state index >= 15 is 0 Å². The molecule has 32 heavy (non-hydrogen) atoms. The molecule has 0 radical (unpaired) electrons. The number of carbonyl (C=O) groups excluding carboxylic acids is 1. The van der Waals surface area contributed by atoms with Gasteiger partial charge in [-0.1, -0.05) is 41.9 Å². The maximum absolute atomic E-state index is 13.3. The fourth-order valence-electron chi connectivity index (χ4n) is 4.21. The van der Waals surface area contributed by atoms with E-state index in [0.29, 0.717) is 31.2 Å². The summed E-state index contributed by atoms with van der Waals surface area (Å²) in [5, 5.41) is 5.05. The summed E-state index contributed by atoms with van der Waals surface area (Å²) < 4.78 is 0. The maximum atomic E-state index is 13.3. The van der Waals surface area contributed by atoms with Gasteiger partial charge in [-0.05, 0) is 37.6 Å². The standard InChI is InChI=1S/C25H30ClN5O/c1-25(2,18-6-4-3-5-7-18)24(32)31-14-12-30(13-15-31)23-17-22(28-11-10-27)20-16-19(26)8-9-21(20)29-23/h3-9,16-17H,10-15,27H2,1-2H3,(H,28,29). The number of nitrogens with two attached hydrogens (primary N) is 1. The van der Waals surface area contributed by atoms with Crippen LogP contribution in [0.3, 0.4) is 0 Å². The zero-order valence-corrected chi connectivity index (χ0v) is 19.4. The number of carbonyl (C=O) groups is 1. The highest BCUT2D eigenvalue weighted by Crippen LogP contribution is 2.31. The summed E-state index contributed by atoms with van der Waals surface area (Å²) in [6.45, 7) is 8.02. The van der Waals surface area contributed by atoms with Crippen molar-refractivity contribution < 1.29 is 4.79 Å². The molecule has 0 unspecified atom stereocenters. The molecule has 3 N–H and O–H groups in total. The number of benzene rings is 2. The zero-order valence-electron chi connectivity index (χ0n) is 18.6. The number of fused-ring (bicyclic) bond motifs is 1. The number of piperazine rings is 1. The Hall–Kier alpha value is -2.83. The van der Waals surface area contributed by atoms with Crippen LogP contribution >= 0.6 is 11.6 Å². The molecule has 0 aliphatic carbocycles. The second kappa shape index (κ2) is 9.35. The van der Waals surface area contributed by atoms with Gasteiger partial charge >= 0.3 is 0 Å². The summed E-state index contributed by atoms with van der Waals surface area (Å²) in [7, 11) is 0. The molecule has 0 atom stereocenters. The van der Waals surface area contributed by atoms with Crippen molar-refractivity contribution in [1.29, 1.82) is 0 Å². The van der Waals surface area contributed by atoms with E-state index in [2.05, 4.69) is 16.3 Å². The Morgan fingerprint density at radius 1 is 1.09 bits per heavy atom. The Labute approximate surface area is 194 Å². The second-order valence-corrected chi connectivity index (χ2v) is 9.11. The Kier molecular flexibility index (Phi) is 6.53. The molecule has 4 rings (SSSR count). The highest BCUT2D eigenvalue weighted by molar-refractivity contribution is 6.31. The lowest BCUT2D eigenvalue weighted by Gasteiger charge is -2.39. The topological polar surface area (TPSA) is 74.5 Å². The number of hydrogen-bond donors (Lipinski definition) is 2. The minimum atomic E-state index is -0.552. The van der Waals surface area contributed by atoms with Crippen LogP contribution in [-0.4, -0.2) is 55.1 Å². The summed E-state index contributed by atoms with van der Waals surface area (Å²) in [4.78, 5) is 22.4. The molecular formula is C25H30ClN5O. The lowest BCUT2D eigenvalue weighted by atomic mass is 9.83. The first-order valence-electron chi connectivity index (χ1n) is 11.0. The SMILES string of the molecule is CC(C)(C(=O)N1CCN(c2cc(NCCN)c3cc(Cl)ccc3n2)CC1)c1ccccc1. The van der Waals surface area contributed by atoms with E-state index in [-0.39, 0.29) is 5.91 Å². The molecular weight excluding hydrogens is 422 g/mol. The van der Waals surface area contributed by atoms with Gasteiger partial charge < -0.3 is 20.9 Å². The van der Waals surface area contributed by atoms with Gasteiger partial charge in [-0.25, -0.2) is 4.98 Å². The van der Waals surface area contributed by atoms with E-state index in [1.807, 2.05) is 67.3 Å². The van der Waals surface area contributed by atoms with Crippen molar-refractivity contribution in [2.75, 3.05) is 49.5 Å². The second-order valence-electron chi connectivity index (χ2n) is 8.68. The number of rotatable bonds is 6. The van der Waals surface area contributed by atoms with Crippen LogP contribution < -0.4 is 16.0 Å². The number of nitrogens with zero attached hydrogens (tertiary/aromatic N) is 3. The average Bonchev–Trinajstić information content (AvgIpc) is 2.82. The molecule has 7 heteroatoms. The number of halogens is 1. The van der Waals surface area contributed by atoms with Crippen molar-refractivity contribution in [3.05, 3.63) is 65.2 Å². The van der Waals surface area contributed by atoms with E-state index < -0.39 is 5.41 Å². The quantitative estimate of drug-likeness (QED) is 0.594. The lowest BCUT2D eigenvalue weighted by molar-refractivity contribution is -0.136. The first-order chi connectivity index (χ1) is 15.4. The Balaban J connectivity index is 1.51. The summed E-state index contributed by atoms with van der Waals surface area (Å²) in [5.74, 6) is 1.06. The molecule has 1 fully saturated rings. The van der Waals surface area contributed by atoms with Crippen LogP contribution in [-0.2, 0) is 10.2 Å². The number of amides is 1. The first-order valence-corrected chi connectivity index (χ1v) is 11.4. The van der Waals surface area contributed by atoms with Crippen molar-refractivity contribution >= 4 is 39.9 Å². The number of aromatic nitrogens is 1. The highest BCUT2D eigenvalue weighted by Gasteiger charge is 2.35. The van der Waals surface area contributed by atoms with E-state index in [1.54, 1.807) is 0 Å². The normalized spacial score (nSPS) is 14.6. The van der Waals surface area contributed by atoms with E-state index in [0.717, 1.165) is 41.1 Å². The van der Waals surface area contributed by atoms with Crippen LogP contribution in [0.2, 0.25) is 5.02 Å². The van der Waals surface area contributed by atoms with Gasteiger partial charge in [-0.15, -0.1) is 0 Å². The molecule has 0 spiro atoms. The molecule has 2 aromatic carbocycles. The van der Waals surface area contributed by atoms with Crippen molar-refractivity contribution in [2.45, 2.75) is 19.3 Å². The minimum Gasteiger partial charge on any atom is -0.383 e. The molecule has 1 aromatic heterocycles. The predicted molar refractivity (Wildman–Crippen MR) is 133 cm³/mol. The van der Waals surface area contributed by atoms with E-state index in [4.69, 9.17) is 22.3 Å². The van der Waals surface area contributed by atoms with E-state index in [1.165, 1.54) is 0 Å². The van der Waals surface area contributed by atoms with Crippen molar-refractivity contribution in [3.63, 3.8) is 0 Å². The predicted octanol–water partition coefficient (Wildman–Crippen LogP) is 3.89. The fourth-order valence-corrected chi connectivity index (χ4v) is 4.38. The van der Waals surface area contributed by atoms with Crippen LogP contribution in [0.15, 0.2) is 54.6 Å². The first kappa shape index (κ1) is 22.4. The van der Waals surface area contributed by atoms with Crippen LogP contribution in [0.25, 0.3) is 10.9 Å². The van der Waals surface area contributed by atoms with Gasteiger partial charge in [0.25, 0.3) is 0 Å². The highest BCUT2D eigenvalue weighted by atomic mass is 35.5. The molecule has 1 aliphatic heterocycles. The van der Waals surface area contributed by atoms with Gasteiger partial charge in [0.2, 0.25) is 5.91 Å². The van der Waals surface area contributed by atoms with Crippen LogP contribution in [0.5, 0.6) is 0 Å². The monoisotopic (exact) mass is 451 g/mol. The maximum Gasteiger partial charge on any atom is 0.232 e. The molecule has 0 bridgehead atoms. The lowest BCUT2D eigenvalue weighted by Crippen LogP contribution is -2.53. The molecule has 168 valence electrons. The zero-order chi connectivity index (χ0) is 22.7. The fraction of sp³-hybridized carbons (Fsp3) is 0.360. The largest absolute Gasteiger partial charge is 0.383 e. The van der Waals surface area contributed by atoms with Gasteiger partial charge in [0.05, 0.1) is 10.9 Å². The van der Waals surface area contributed by atoms with Gasteiger partial charge in [-0.3, -0.25) is 4.79 Å². The third kappa shape index (κ3) is 4.52. The van der Waals surface area contributed by atoms with Gasteiger partial charge in [0.1, 0.15) is 5.82 Å². The molecule has 2 heterocycles. The van der Waals surface area contributed by atoms with Crippen molar-refractivity contribution in [1.82, 2.24) is 9.88 Å². The molecule has 6 nitrogen and oxygen atoms in total. The summed E-state index contributed by atoms with van der Waals surface area (Å²) >= 11 is 6.21. The molecule has 1 saturated heterocycles. The third-order valence-electron chi connectivity index (χ3n) is 6.14. The van der Waals surface area contributed by atoms with Crippen LogP contribution in [0, 0.1) is 0 Å². The van der Waals surface area contributed by atoms with Gasteiger partial charge in [-0.2, -0.15) is 0 Å². The number of anilines is 2. The molecule has 0 saturated carbocycles. The van der Waals surface area contributed by atoms with Crippen molar-refractivity contribution in [2.24, 2.45) is 5.73 Å². The van der Waals surface area contributed by atoms with Gasteiger partial charge in [0.15, 0.2) is 0 Å². The summed E-state index contributed by atoms with van der Waals surface area (Å²) in [6, 6.07) is 17.8. The Morgan fingerprint density at radius 2 is 1.81 bits per heavy atom. The summed E-state index contributed by atoms with van der Waals surface area (Å²) in [5.41, 5.74) is 8.05. The average molecular weight is 452 g/mol. The molecule has 1 aliphatic rings. The van der Waals surface area contributed by atoms with Crippen molar-refractivity contribution in [3.8, 4) is 0 Å². The van der Waals surface area contributed by atoms with E-state index in [9.17, 15) is 4.79 Å². The number of hydrogen-bond acceptors (Lipinski definition) is 5. The smallest absolute Gasteiger partial charge is 0.232 e. The Bertz CT molecular complexity index is 1090.